The van der Waals surface area contributed by atoms with E-state index in [-0.39, 0.29) is 6.42 Å². The lowest BCUT2D eigenvalue weighted by atomic mass is 10.3. The van der Waals surface area contributed by atoms with E-state index in [1.165, 1.54) is 0 Å². The average molecular weight is 259 g/mol. The van der Waals surface area contributed by atoms with Gasteiger partial charge < -0.3 is 10.4 Å². The Morgan fingerprint density at radius 1 is 1.57 bits per heavy atom. The Morgan fingerprint density at radius 3 is 2.93 bits per heavy atom. The smallest absolute Gasteiger partial charge is 0.304 e. The molecule has 0 saturated heterocycles. The van der Waals surface area contributed by atoms with Gasteiger partial charge in [-0.3, -0.25) is 9.78 Å². The van der Waals surface area contributed by atoms with Crippen molar-refractivity contribution in [2.75, 3.05) is 6.54 Å². The molecule has 2 N–H and O–H groups in total. The van der Waals surface area contributed by atoms with Gasteiger partial charge in [0.2, 0.25) is 0 Å². The molecular weight excluding hydrogens is 248 g/mol. The van der Waals surface area contributed by atoms with Crippen LogP contribution in [0.2, 0.25) is 0 Å². The van der Waals surface area contributed by atoms with Gasteiger partial charge in [0.15, 0.2) is 0 Å². The number of hydrogen-bond donors (Lipinski definition) is 2. The first-order valence-electron chi connectivity index (χ1n) is 4.21. The second kappa shape index (κ2) is 5.72. The van der Waals surface area contributed by atoms with Crippen molar-refractivity contribution in [3.63, 3.8) is 0 Å². The maximum Gasteiger partial charge on any atom is 0.304 e. The molecule has 0 aromatic carbocycles. The standard InChI is InChI=1S/C9H11BrN2O2/c10-7-1-2-8(12-5-7)6-11-4-3-9(13)14/h1-2,5,11H,3-4,6H2,(H,13,14). The van der Waals surface area contributed by atoms with Crippen molar-refractivity contribution < 1.29 is 9.90 Å². The molecule has 1 heterocycles. The lowest BCUT2D eigenvalue weighted by Gasteiger charge is -2.01. The van der Waals surface area contributed by atoms with Gasteiger partial charge in [-0.2, -0.15) is 0 Å². The van der Waals surface area contributed by atoms with E-state index in [0.717, 1.165) is 10.2 Å². The number of carboxylic acids is 1. The summed E-state index contributed by atoms with van der Waals surface area (Å²) in [6.45, 7) is 1.06. The zero-order valence-electron chi connectivity index (χ0n) is 7.53. The van der Waals surface area contributed by atoms with Crippen LogP contribution < -0.4 is 5.32 Å². The van der Waals surface area contributed by atoms with Crippen molar-refractivity contribution in [3.05, 3.63) is 28.5 Å². The lowest BCUT2D eigenvalue weighted by molar-refractivity contribution is -0.136. The van der Waals surface area contributed by atoms with Crippen LogP contribution in [0.5, 0.6) is 0 Å². The van der Waals surface area contributed by atoms with Crippen LogP contribution in [-0.2, 0) is 11.3 Å². The second-order valence-corrected chi connectivity index (χ2v) is 3.70. The number of hydrogen-bond acceptors (Lipinski definition) is 3. The van der Waals surface area contributed by atoms with Crippen molar-refractivity contribution in [2.45, 2.75) is 13.0 Å². The van der Waals surface area contributed by atoms with Crippen LogP contribution in [0, 0.1) is 0 Å². The molecule has 1 aromatic rings. The molecule has 1 rings (SSSR count). The van der Waals surface area contributed by atoms with E-state index in [9.17, 15) is 4.79 Å². The van der Waals surface area contributed by atoms with Crippen LogP contribution in [0.15, 0.2) is 22.8 Å². The van der Waals surface area contributed by atoms with Crippen molar-refractivity contribution in [1.29, 1.82) is 0 Å². The summed E-state index contributed by atoms with van der Waals surface area (Å²) in [4.78, 5) is 14.3. The van der Waals surface area contributed by atoms with Crippen LogP contribution in [-0.4, -0.2) is 22.6 Å². The van der Waals surface area contributed by atoms with Gasteiger partial charge in [-0.1, -0.05) is 0 Å². The number of carboxylic acid groups (broad SMARTS) is 1. The maximum absolute atomic E-state index is 10.2. The monoisotopic (exact) mass is 258 g/mol. The molecular formula is C9H11BrN2O2. The van der Waals surface area contributed by atoms with E-state index in [1.807, 2.05) is 12.1 Å². The van der Waals surface area contributed by atoms with Gasteiger partial charge in [-0.05, 0) is 28.1 Å². The van der Waals surface area contributed by atoms with Gasteiger partial charge in [0.1, 0.15) is 0 Å². The van der Waals surface area contributed by atoms with E-state index >= 15 is 0 Å². The van der Waals surface area contributed by atoms with Crippen molar-refractivity contribution in [2.24, 2.45) is 0 Å². The Hall–Kier alpha value is -0.940. The number of rotatable bonds is 5. The fourth-order valence-corrected chi connectivity index (χ4v) is 1.16. The largest absolute Gasteiger partial charge is 0.481 e. The molecule has 0 aliphatic heterocycles. The van der Waals surface area contributed by atoms with Crippen molar-refractivity contribution in [1.82, 2.24) is 10.3 Å². The number of nitrogens with one attached hydrogen (secondary N) is 1. The Kier molecular flexibility index (Phi) is 4.55. The highest BCUT2D eigenvalue weighted by Gasteiger charge is 1.97. The molecule has 0 radical (unpaired) electrons. The summed E-state index contributed by atoms with van der Waals surface area (Å²) >= 11 is 3.29. The first kappa shape index (κ1) is 11.1. The normalized spacial score (nSPS) is 10.1. The Morgan fingerprint density at radius 2 is 2.36 bits per heavy atom. The molecule has 0 amide bonds. The van der Waals surface area contributed by atoms with Crippen LogP contribution in [0.3, 0.4) is 0 Å². The van der Waals surface area contributed by atoms with Crippen LogP contribution in [0.1, 0.15) is 12.1 Å². The summed E-state index contributed by atoms with van der Waals surface area (Å²) in [6, 6.07) is 3.79. The molecule has 0 bridgehead atoms. The molecule has 0 aliphatic rings. The number of pyridine rings is 1. The summed E-state index contributed by atoms with van der Waals surface area (Å²) in [6.07, 6.45) is 1.85. The summed E-state index contributed by atoms with van der Waals surface area (Å²) in [7, 11) is 0. The fraction of sp³-hybridized carbons (Fsp3) is 0.333. The van der Waals surface area contributed by atoms with Crippen LogP contribution >= 0.6 is 15.9 Å². The summed E-state index contributed by atoms with van der Waals surface area (Å²) in [5.41, 5.74) is 0.901. The molecule has 0 atom stereocenters. The third-order valence-corrected chi connectivity index (χ3v) is 2.08. The van der Waals surface area contributed by atoms with E-state index < -0.39 is 5.97 Å². The summed E-state index contributed by atoms with van der Waals surface area (Å²) in [5.74, 6) is -0.790. The molecule has 4 nitrogen and oxygen atoms in total. The Bertz CT molecular complexity index is 300. The quantitative estimate of drug-likeness (QED) is 0.785. The minimum Gasteiger partial charge on any atom is -0.481 e. The topological polar surface area (TPSA) is 62.2 Å². The summed E-state index contributed by atoms with van der Waals surface area (Å²) < 4.78 is 0.937. The second-order valence-electron chi connectivity index (χ2n) is 2.79. The number of aliphatic carboxylic acids is 1. The number of carbonyl (C=O) groups is 1. The third-order valence-electron chi connectivity index (χ3n) is 1.61. The molecule has 5 heteroatoms. The first-order chi connectivity index (χ1) is 6.68. The zero-order valence-corrected chi connectivity index (χ0v) is 9.12. The molecule has 1 aromatic heterocycles. The predicted molar refractivity (Wildman–Crippen MR) is 55.9 cm³/mol. The van der Waals surface area contributed by atoms with Gasteiger partial charge in [-0.25, -0.2) is 0 Å². The van der Waals surface area contributed by atoms with Crippen LogP contribution in [0.4, 0.5) is 0 Å². The van der Waals surface area contributed by atoms with Gasteiger partial charge in [0, 0.05) is 23.8 Å². The predicted octanol–water partition coefficient (Wildman–Crippen LogP) is 1.41. The van der Waals surface area contributed by atoms with Gasteiger partial charge in [-0.15, -0.1) is 0 Å². The maximum atomic E-state index is 10.2. The molecule has 0 saturated carbocycles. The van der Waals surface area contributed by atoms with Crippen molar-refractivity contribution in [3.8, 4) is 0 Å². The lowest BCUT2D eigenvalue weighted by Crippen LogP contribution is -2.18. The number of nitrogens with zero attached hydrogens (tertiary/aromatic N) is 1. The van der Waals surface area contributed by atoms with E-state index in [2.05, 4.69) is 26.2 Å². The number of halogens is 1. The van der Waals surface area contributed by atoms with E-state index in [4.69, 9.17) is 5.11 Å². The fourth-order valence-electron chi connectivity index (χ4n) is 0.923. The Labute approximate surface area is 90.5 Å². The minimum atomic E-state index is -0.790. The highest BCUT2D eigenvalue weighted by atomic mass is 79.9. The van der Waals surface area contributed by atoms with Gasteiger partial charge >= 0.3 is 5.97 Å². The highest BCUT2D eigenvalue weighted by Crippen LogP contribution is 2.06. The van der Waals surface area contributed by atoms with E-state index in [1.54, 1.807) is 6.20 Å². The third kappa shape index (κ3) is 4.34. The molecule has 0 fully saturated rings. The molecule has 0 spiro atoms. The zero-order chi connectivity index (χ0) is 10.4. The molecule has 0 aliphatic carbocycles. The molecule has 0 unspecified atom stereocenters. The minimum absolute atomic E-state index is 0.135. The highest BCUT2D eigenvalue weighted by molar-refractivity contribution is 9.10. The van der Waals surface area contributed by atoms with E-state index in [0.29, 0.717) is 13.1 Å². The van der Waals surface area contributed by atoms with Gasteiger partial charge in [0.05, 0.1) is 12.1 Å². The van der Waals surface area contributed by atoms with Crippen LogP contribution in [0.25, 0.3) is 0 Å². The summed E-state index contributed by atoms with van der Waals surface area (Å²) in [5, 5.41) is 11.4. The van der Waals surface area contributed by atoms with Gasteiger partial charge in [0.25, 0.3) is 0 Å². The molecule has 14 heavy (non-hydrogen) atoms. The first-order valence-corrected chi connectivity index (χ1v) is 5.01. The SMILES string of the molecule is O=C(O)CCNCc1ccc(Br)cn1. The Balaban J connectivity index is 2.25. The molecule has 76 valence electrons. The average Bonchev–Trinajstić information content (AvgIpc) is 2.15. The number of aromatic nitrogens is 1. The van der Waals surface area contributed by atoms with Crippen molar-refractivity contribution >= 4 is 21.9 Å².